The molecule has 0 fully saturated rings. The molecule has 12 heteroatoms. The van der Waals surface area contributed by atoms with Crippen molar-refractivity contribution in [2.24, 2.45) is 5.41 Å². The van der Waals surface area contributed by atoms with Gasteiger partial charge in [-0.3, -0.25) is 19.2 Å². The number of hydrogen-bond donors (Lipinski definition) is 0. The highest BCUT2D eigenvalue weighted by atomic mass is 32.2. The summed E-state index contributed by atoms with van der Waals surface area (Å²) in [6.07, 6.45) is 36.1. The van der Waals surface area contributed by atoms with Gasteiger partial charge in [0.1, 0.15) is 31.8 Å². The summed E-state index contributed by atoms with van der Waals surface area (Å²) in [5.41, 5.74) is -1.22. The zero-order chi connectivity index (χ0) is 47.6. The summed E-state index contributed by atoms with van der Waals surface area (Å²) in [4.78, 5) is 52.5. The Hall–Kier alpha value is -0.720. The van der Waals surface area contributed by atoms with E-state index in [-0.39, 0.29) is 76.0 Å². The lowest BCUT2D eigenvalue weighted by atomic mass is 9.92. The molecule has 0 aliphatic carbocycles. The van der Waals surface area contributed by atoms with Crippen molar-refractivity contribution in [2.45, 2.75) is 233 Å². The first-order valence-corrected chi connectivity index (χ1v) is 31.4. The van der Waals surface area contributed by atoms with Crippen molar-refractivity contribution in [3.63, 3.8) is 0 Å². The molecular formula is C53H100O8S4. The Balaban J connectivity index is 5.44. The van der Waals surface area contributed by atoms with E-state index in [1.807, 2.05) is 0 Å². The topological polar surface area (TPSA) is 105 Å². The first-order chi connectivity index (χ1) is 31.8. The van der Waals surface area contributed by atoms with Crippen molar-refractivity contribution >= 4 is 70.9 Å². The minimum absolute atomic E-state index is 0.185. The smallest absolute Gasteiger partial charge is 0.306 e. The summed E-state index contributed by atoms with van der Waals surface area (Å²) in [6.45, 7) is 8.20. The summed E-state index contributed by atoms with van der Waals surface area (Å²) >= 11 is 7.05. The molecule has 0 unspecified atom stereocenters. The Morgan fingerprint density at radius 1 is 0.277 bits per heavy atom. The number of thioether (sulfide) groups is 4. The second-order valence-electron chi connectivity index (χ2n) is 18.1. The van der Waals surface area contributed by atoms with Gasteiger partial charge in [0.25, 0.3) is 0 Å². The van der Waals surface area contributed by atoms with Crippen LogP contribution in [0.25, 0.3) is 0 Å². The van der Waals surface area contributed by atoms with E-state index >= 15 is 0 Å². The lowest BCUT2D eigenvalue weighted by Crippen LogP contribution is -2.44. The van der Waals surface area contributed by atoms with E-state index in [0.717, 1.165) is 48.7 Å². The molecule has 0 aromatic heterocycles. The van der Waals surface area contributed by atoms with Gasteiger partial charge in [0, 0.05) is 23.0 Å². The fourth-order valence-electron chi connectivity index (χ4n) is 7.15. The van der Waals surface area contributed by atoms with Gasteiger partial charge in [-0.2, -0.15) is 47.0 Å². The molecule has 0 atom stereocenters. The second-order valence-corrected chi connectivity index (χ2v) is 23.0. The molecule has 0 aliphatic heterocycles. The minimum atomic E-state index is -1.22. The van der Waals surface area contributed by atoms with Crippen LogP contribution < -0.4 is 0 Å². The Morgan fingerprint density at radius 2 is 0.462 bits per heavy atom. The molecule has 0 spiro atoms. The highest BCUT2D eigenvalue weighted by molar-refractivity contribution is 7.99. The van der Waals surface area contributed by atoms with E-state index in [0.29, 0.717) is 23.0 Å². The molecule has 0 aromatic carbocycles. The van der Waals surface area contributed by atoms with Crippen LogP contribution >= 0.6 is 47.0 Å². The lowest BCUT2D eigenvalue weighted by molar-refractivity contribution is -0.170. The molecule has 0 heterocycles. The zero-order valence-electron chi connectivity index (χ0n) is 42.5. The number of carbonyl (C=O) groups excluding carboxylic acids is 4. The number of hydrogen-bond acceptors (Lipinski definition) is 12. The minimum Gasteiger partial charge on any atom is -0.465 e. The molecule has 0 amide bonds. The van der Waals surface area contributed by atoms with E-state index < -0.39 is 5.41 Å². The van der Waals surface area contributed by atoms with Crippen LogP contribution in [0.3, 0.4) is 0 Å². The molecule has 0 N–H and O–H groups in total. The third-order valence-corrected chi connectivity index (χ3v) is 15.8. The Bertz CT molecular complexity index is 915. The Kier molecular flexibility index (Phi) is 50.6. The normalized spacial score (nSPS) is 11.5. The highest BCUT2D eigenvalue weighted by Gasteiger charge is 2.38. The van der Waals surface area contributed by atoms with Crippen molar-refractivity contribution in [3.05, 3.63) is 0 Å². The van der Waals surface area contributed by atoms with Crippen molar-refractivity contribution < 1.29 is 38.1 Å². The molecule has 0 radical (unpaired) electrons. The molecular weight excluding hydrogens is 893 g/mol. The maximum Gasteiger partial charge on any atom is 0.306 e. The van der Waals surface area contributed by atoms with Crippen molar-refractivity contribution in [2.75, 3.05) is 72.5 Å². The molecule has 8 nitrogen and oxygen atoms in total. The van der Waals surface area contributed by atoms with Crippen LogP contribution in [0.1, 0.15) is 233 Å². The standard InChI is InChI=1S/C53H100O8S4/c1-5-9-13-17-21-25-29-37-62-41-33-49(54)58-45-53(46-59-50(55)34-42-63-38-30-26-22-18-14-10-6-2,47-60-51(56)35-43-64-39-31-27-23-19-15-11-7-3)48-61-52(57)36-44-65-40-32-28-24-20-16-12-8-4/h5-48H2,1-4H3. The maximum atomic E-state index is 13.1. The number of esters is 4. The fourth-order valence-corrected chi connectivity index (χ4v) is 10.8. The second kappa shape index (κ2) is 51.1. The predicted octanol–water partition coefficient (Wildman–Crippen LogP) is 15.6. The van der Waals surface area contributed by atoms with E-state index in [2.05, 4.69) is 27.7 Å². The number of rotatable bonds is 52. The van der Waals surface area contributed by atoms with Gasteiger partial charge in [0.2, 0.25) is 0 Å². The SMILES string of the molecule is CCCCCCCCCSCCC(=O)OCC(COC(=O)CCSCCCCCCCCC)(COC(=O)CCSCCCCCCCCC)COC(=O)CCSCCCCCCCCC. The molecule has 65 heavy (non-hydrogen) atoms. The lowest BCUT2D eigenvalue weighted by Gasteiger charge is -2.31. The summed E-state index contributed by atoms with van der Waals surface area (Å²) in [7, 11) is 0. The Morgan fingerprint density at radius 3 is 0.662 bits per heavy atom. The van der Waals surface area contributed by atoms with Gasteiger partial charge in [-0.15, -0.1) is 0 Å². The summed E-state index contributed by atoms with van der Waals surface area (Å²) in [5.74, 6) is 5.22. The quantitative estimate of drug-likeness (QED) is 0.0329. The van der Waals surface area contributed by atoms with Crippen LogP contribution in [0.5, 0.6) is 0 Å². The summed E-state index contributed by atoms with van der Waals surface area (Å²) < 4.78 is 23.4. The van der Waals surface area contributed by atoms with Crippen LogP contribution in [-0.2, 0) is 38.1 Å². The van der Waals surface area contributed by atoms with Gasteiger partial charge in [-0.05, 0) is 48.7 Å². The third-order valence-electron chi connectivity index (χ3n) is 11.5. The molecule has 384 valence electrons. The first kappa shape index (κ1) is 64.3. The van der Waals surface area contributed by atoms with Crippen molar-refractivity contribution in [1.82, 2.24) is 0 Å². The van der Waals surface area contributed by atoms with E-state index in [4.69, 9.17) is 18.9 Å². The fraction of sp³-hybridized carbons (Fsp3) is 0.925. The molecule has 0 saturated carbocycles. The molecule has 0 aromatic rings. The van der Waals surface area contributed by atoms with E-state index in [9.17, 15) is 19.2 Å². The average Bonchev–Trinajstić information content (AvgIpc) is 3.30. The number of ether oxygens (including phenoxy) is 4. The van der Waals surface area contributed by atoms with E-state index in [1.54, 1.807) is 47.0 Å². The van der Waals surface area contributed by atoms with Gasteiger partial charge in [-0.1, -0.05) is 182 Å². The van der Waals surface area contributed by atoms with Crippen molar-refractivity contribution in [1.29, 1.82) is 0 Å². The van der Waals surface area contributed by atoms with Gasteiger partial charge in [0.05, 0.1) is 25.7 Å². The average molecular weight is 994 g/mol. The van der Waals surface area contributed by atoms with E-state index in [1.165, 1.54) is 154 Å². The zero-order valence-corrected chi connectivity index (χ0v) is 45.8. The molecule has 0 saturated heterocycles. The van der Waals surface area contributed by atoms with Gasteiger partial charge < -0.3 is 18.9 Å². The summed E-state index contributed by atoms with van der Waals surface area (Å²) in [6, 6.07) is 0. The Labute approximate surface area is 417 Å². The van der Waals surface area contributed by atoms with Crippen LogP contribution in [0.4, 0.5) is 0 Å². The maximum absolute atomic E-state index is 13.1. The van der Waals surface area contributed by atoms with Crippen LogP contribution in [0.15, 0.2) is 0 Å². The predicted molar refractivity (Wildman–Crippen MR) is 286 cm³/mol. The number of unbranched alkanes of at least 4 members (excludes halogenated alkanes) is 24. The highest BCUT2D eigenvalue weighted by Crippen LogP contribution is 2.24. The largest absolute Gasteiger partial charge is 0.465 e. The van der Waals surface area contributed by atoms with Gasteiger partial charge in [-0.25, -0.2) is 0 Å². The summed E-state index contributed by atoms with van der Waals surface area (Å²) in [5, 5.41) is 0. The van der Waals surface area contributed by atoms with Crippen LogP contribution in [0.2, 0.25) is 0 Å². The first-order valence-electron chi connectivity index (χ1n) is 26.8. The monoisotopic (exact) mass is 993 g/mol. The van der Waals surface area contributed by atoms with Crippen LogP contribution in [0, 0.1) is 5.41 Å². The van der Waals surface area contributed by atoms with Crippen molar-refractivity contribution in [3.8, 4) is 0 Å². The van der Waals surface area contributed by atoms with Gasteiger partial charge >= 0.3 is 23.9 Å². The van der Waals surface area contributed by atoms with Crippen LogP contribution in [-0.4, -0.2) is 96.3 Å². The third kappa shape index (κ3) is 46.8. The molecule has 0 aliphatic rings. The number of carbonyl (C=O) groups is 4. The molecule has 0 bridgehead atoms. The van der Waals surface area contributed by atoms with Gasteiger partial charge in [0.15, 0.2) is 0 Å². The molecule has 0 rings (SSSR count).